The largest absolute Gasteiger partial charge is 0.350 e. The van der Waals surface area contributed by atoms with Gasteiger partial charge in [-0.1, -0.05) is 6.42 Å². The molecule has 1 aromatic heterocycles. The lowest BCUT2D eigenvalue weighted by Crippen LogP contribution is -2.29. The van der Waals surface area contributed by atoms with Crippen LogP contribution in [0.25, 0.3) is 0 Å². The summed E-state index contributed by atoms with van der Waals surface area (Å²) in [5.74, 6) is 1.98. The second-order valence-corrected chi connectivity index (χ2v) is 6.19. The van der Waals surface area contributed by atoms with Crippen molar-refractivity contribution < 1.29 is 4.79 Å². The number of hydrogen-bond donors (Lipinski definition) is 2. The average molecular weight is 259 g/mol. The molecule has 3 aliphatic rings. The molecule has 0 aliphatic heterocycles. The Balaban J connectivity index is 1.46. The third-order valence-corrected chi connectivity index (χ3v) is 4.87. The first-order chi connectivity index (χ1) is 9.17. The highest BCUT2D eigenvalue weighted by Gasteiger charge is 2.74. The summed E-state index contributed by atoms with van der Waals surface area (Å²) >= 11 is 0. The monoisotopic (exact) mass is 259 g/mol. The third-order valence-electron chi connectivity index (χ3n) is 4.87. The molecule has 1 heterocycles. The fraction of sp³-hybridized carbons (Fsp3) is 0.643. The van der Waals surface area contributed by atoms with Crippen LogP contribution in [0.5, 0.6) is 0 Å². The van der Waals surface area contributed by atoms with Crippen LogP contribution >= 0.6 is 0 Å². The number of nitrogens with zero attached hydrogens (tertiary/aromatic N) is 1. The van der Waals surface area contributed by atoms with Crippen molar-refractivity contribution in [2.45, 2.75) is 44.6 Å². The van der Waals surface area contributed by atoms with Crippen LogP contribution in [0.2, 0.25) is 0 Å². The Morgan fingerprint density at radius 3 is 2.79 bits per heavy atom. The lowest BCUT2D eigenvalue weighted by atomic mass is 9.85. The van der Waals surface area contributed by atoms with E-state index >= 15 is 0 Å². The standard InChI is InChI=1S/C14H17N3O2/c18-11-4-10(16-12(17-11)8-2-1-3-8)7-15-13(19)14-5-9(14)6-14/h4,8-9H,1-3,5-7H2,(H,15,19)(H,16,17,18). The van der Waals surface area contributed by atoms with Crippen molar-refractivity contribution in [3.63, 3.8) is 0 Å². The van der Waals surface area contributed by atoms with E-state index in [1.54, 1.807) is 0 Å². The van der Waals surface area contributed by atoms with Crippen molar-refractivity contribution >= 4 is 5.91 Å². The number of aromatic nitrogens is 2. The van der Waals surface area contributed by atoms with E-state index in [1.165, 1.54) is 12.5 Å². The molecule has 0 radical (unpaired) electrons. The summed E-state index contributed by atoms with van der Waals surface area (Å²) in [6, 6.07) is 1.48. The number of aromatic amines is 1. The lowest BCUT2D eigenvalue weighted by molar-refractivity contribution is -0.124. The van der Waals surface area contributed by atoms with E-state index in [-0.39, 0.29) is 16.9 Å². The summed E-state index contributed by atoms with van der Waals surface area (Å²) in [5, 5.41) is 2.92. The summed E-state index contributed by atoms with van der Waals surface area (Å²) in [7, 11) is 0. The van der Waals surface area contributed by atoms with Crippen LogP contribution in [0.4, 0.5) is 0 Å². The minimum Gasteiger partial charge on any atom is -0.350 e. The van der Waals surface area contributed by atoms with Gasteiger partial charge in [0.25, 0.3) is 5.56 Å². The molecular weight excluding hydrogens is 242 g/mol. The first-order valence-electron chi connectivity index (χ1n) is 7.06. The van der Waals surface area contributed by atoms with Gasteiger partial charge in [-0.3, -0.25) is 9.59 Å². The number of fused-ring (bicyclic) bond motifs is 1. The maximum Gasteiger partial charge on any atom is 0.251 e. The molecule has 3 aliphatic carbocycles. The zero-order valence-corrected chi connectivity index (χ0v) is 10.7. The highest BCUT2D eigenvalue weighted by atomic mass is 16.2. The molecule has 4 rings (SSSR count). The predicted molar refractivity (Wildman–Crippen MR) is 68.5 cm³/mol. The number of carbonyl (C=O) groups excluding carboxylic acids is 1. The van der Waals surface area contributed by atoms with Gasteiger partial charge in [-0.05, 0) is 31.6 Å². The van der Waals surface area contributed by atoms with Crippen LogP contribution in [-0.4, -0.2) is 15.9 Å². The van der Waals surface area contributed by atoms with E-state index in [0.29, 0.717) is 24.1 Å². The van der Waals surface area contributed by atoms with E-state index in [4.69, 9.17) is 0 Å². The molecule has 2 N–H and O–H groups in total. The minimum atomic E-state index is -0.116. The van der Waals surface area contributed by atoms with Gasteiger partial charge in [0.2, 0.25) is 5.91 Å². The Labute approximate surface area is 110 Å². The number of hydrogen-bond acceptors (Lipinski definition) is 3. The molecule has 0 unspecified atom stereocenters. The van der Waals surface area contributed by atoms with Gasteiger partial charge in [0.1, 0.15) is 5.82 Å². The van der Waals surface area contributed by atoms with Crippen molar-refractivity contribution in [3.05, 3.63) is 27.9 Å². The van der Waals surface area contributed by atoms with Gasteiger partial charge in [0, 0.05) is 12.0 Å². The highest BCUT2D eigenvalue weighted by Crippen LogP contribution is 2.75. The van der Waals surface area contributed by atoms with E-state index in [9.17, 15) is 9.59 Å². The fourth-order valence-electron chi connectivity index (χ4n) is 2.91. The van der Waals surface area contributed by atoms with Crippen molar-refractivity contribution in [2.75, 3.05) is 0 Å². The Bertz CT molecular complexity index is 597. The van der Waals surface area contributed by atoms with Crippen molar-refractivity contribution in [3.8, 4) is 0 Å². The van der Waals surface area contributed by atoms with Gasteiger partial charge in [0.15, 0.2) is 0 Å². The predicted octanol–water partition coefficient (Wildman–Crippen LogP) is 1.06. The number of carbonyl (C=O) groups is 1. The quantitative estimate of drug-likeness (QED) is 0.849. The highest BCUT2D eigenvalue weighted by molar-refractivity contribution is 5.89. The van der Waals surface area contributed by atoms with Crippen LogP contribution in [0, 0.1) is 11.3 Å². The molecule has 0 bridgehead atoms. The van der Waals surface area contributed by atoms with E-state index in [0.717, 1.165) is 31.5 Å². The van der Waals surface area contributed by atoms with Crippen molar-refractivity contribution in [1.29, 1.82) is 0 Å². The fourth-order valence-corrected chi connectivity index (χ4v) is 2.91. The summed E-state index contributed by atoms with van der Waals surface area (Å²) in [5.41, 5.74) is 0.543. The molecule has 1 amide bonds. The molecule has 5 nitrogen and oxygen atoms in total. The molecular formula is C14H17N3O2. The summed E-state index contributed by atoms with van der Waals surface area (Å²) < 4.78 is 0. The molecule has 5 heteroatoms. The molecule has 0 atom stereocenters. The van der Waals surface area contributed by atoms with Crippen LogP contribution in [-0.2, 0) is 11.3 Å². The van der Waals surface area contributed by atoms with Gasteiger partial charge in [-0.2, -0.15) is 0 Å². The maximum atomic E-state index is 11.9. The average Bonchev–Trinajstić information content (AvgIpc) is 3.10. The Hall–Kier alpha value is -1.65. The van der Waals surface area contributed by atoms with Crippen molar-refractivity contribution in [2.24, 2.45) is 11.3 Å². The Morgan fingerprint density at radius 1 is 1.47 bits per heavy atom. The molecule has 0 aromatic carbocycles. The van der Waals surface area contributed by atoms with Crippen LogP contribution in [0.1, 0.15) is 49.5 Å². The molecule has 100 valence electrons. The van der Waals surface area contributed by atoms with Gasteiger partial charge in [-0.25, -0.2) is 4.98 Å². The number of rotatable bonds is 4. The summed E-state index contributed by atoms with van der Waals surface area (Å²) in [4.78, 5) is 30.8. The minimum absolute atomic E-state index is 0.0159. The van der Waals surface area contributed by atoms with E-state index in [1.807, 2.05) is 0 Å². The van der Waals surface area contributed by atoms with Gasteiger partial charge in [0.05, 0.1) is 17.7 Å². The normalized spacial score (nSPS) is 31.3. The summed E-state index contributed by atoms with van der Waals surface area (Å²) in [6.45, 7) is 0.372. The van der Waals surface area contributed by atoms with Crippen LogP contribution in [0.3, 0.4) is 0 Å². The molecule has 3 saturated carbocycles. The first kappa shape index (κ1) is 11.2. The van der Waals surface area contributed by atoms with E-state index < -0.39 is 0 Å². The number of H-pyrrole nitrogens is 1. The molecule has 1 aromatic rings. The lowest BCUT2D eigenvalue weighted by Gasteiger charge is -2.24. The second-order valence-electron chi connectivity index (χ2n) is 6.19. The first-order valence-corrected chi connectivity index (χ1v) is 7.06. The SMILES string of the molecule is O=C(NCc1cc(=O)[nH]c(C2CCC2)n1)C12CC1C2. The zero-order valence-electron chi connectivity index (χ0n) is 10.7. The molecule has 3 fully saturated rings. The topological polar surface area (TPSA) is 74.8 Å². The molecule has 0 spiro atoms. The zero-order chi connectivity index (χ0) is 13.0. The molecule has 19 heavy (non-hydrogen) atoms. The van der Waals surface area contributed by atoms with Gasteiger partial charge < -0.3 is 10.3 Å². The van der Waals surface area contributed by atoms with Crippen molar-refractivity contribution in [1.82, 2.24) is 15.3 Å². The Kier molecular flexibility index (Phi) is 2.17. The molecule has 0 saturated heterocycles. The number of nitrogens with one attached hydrogen (secondary N) is 2. The van der Waals surface area contributed by atoms with Gasteiger partial charge >= 0.3 is 0 Å². The second kappa shape index (κ2) is 3.68. The van der Waals surface area contributed by atoms with Crippen LogP contribution in [0.15, 0.2) is 10.9 Å². The summed E-state index contributed by atoms with van der Waals surface area (Å²) in [6.07, 6.45) is 5.51. The van der Waals surface area contributed by atoms with Gasteiger partial charge in [-0.15, -0.1) is 0 Å². The third kappa shape index (κ3) is 1.79. The number of amides is 1. The Morgan fingerprint density at radius 2 is 2.21 bits per heavy atom. The maximum absolute atomic E-state index is 11.9. The van der Waals surface area contributed by atoms with E-state index in [2.05, 4.69) is 15.3 Å². The smallest absolute Gasteiger partial charge is 0.251 e. The van der Waals surface area contributed by atoms with Crippen LogP contribution < -0.4 is 10.9 Å².